The Kier molecular flexibility index (Phi) is 4.99. The number of hydrogen-bond acceptors (Lipinski definition) is 3. The van der Waals surface area contributed by atoms with Gasteiger partial charge in [0, 0.05) is 13.5 Å². The minimum Gasteiger partial charge on any atom is -0.494 e. The van der Waals surface area contributed by atoms with Crippen molar-refractivity contribution in [2.45, 2.75) is 26.4 Å². The van der Waals surface area contributed by atoms with Crippen molar-refractivity contribution in [1.82, 2.24) is 0 Å². The summed E-state index contributed by atoms with van der Waals surface area (Å²) in [6.07, 6.45) is -0.0115. The predicted octanol–water partition coefficient (Wildman–Crippen LogP) is 2.75. The second-order valence-corrected chi connectivity index (χ2v) is 3.44. The van der Waals surface area contributed by atoms with E-state index in [9.17, 15) is 4.79 Å². The van der Waals surface area contributed by atoms with Gasteiger partial charge < -0.3 is 9.47 Å². The van der Waals surface area contributed by atoms with E-state index in [4.69, 9.17) is 9.47 Å². The first-order valence-electron chi connectivity index (χ1n) is 5.51. The van der Waals surface area contributed by atoms with Gasteiger partial charge in [-0.3, -0.25) is 4.79 Å². The molecule has 1 atom stereocenters. The van der Waals surface area contributed by atoms with E-state index in [0.717, 1.165) is 11.3 Å². The first-order chi connectivity index (χ1) is 7.72. The Bertz CT molecular complexity index is 347. The van der Waals surface area contributed by atoms with E-state index in [-0.39, 0.29) is 5.78 Å². The van der Waals surface area contributed by atoms with Crippen LogP contribution in [0.1, 0.15) is 31.9 Å². The third kappa shape index (κ3) is 3.07. The van der Waals surface area contributed by atoms with Crippen LogP contribution in [0.15, 0.2) is 24.3 Å². The van der Waals surface area contributed by atoms with E-state index in [0.29, 0.717) is 13.0 Å². The molecule has 0 saturated carbocycles. The Balaban J connectivity index is 2.92. The maximum atomic E-state index is 11.6. The quantitative estimate of drug-likeness (QED) is 0.742. The first-order valence-corrected chi connectivity index (χ1v) is 5.51. The summed E-state index contributed by atoms with van der Waals surface area (Å²) in [6, 6.07) is 7.47. The zero-order chi connectivity index (χ0) is 12.0. The van der Waals surface area contributed by atoms with Crippen LogP contribution in [0.2, 0.25) is 0 Å². The van der Waals surface area contributed by atoms with Gasteiger partial charge in [-0.15, -0.1) is 0 Å². The molecule has 1 rings (SSSR count). The molecule has 1 aromatic rings. The van der Waals surface area contributed by atoms with Crippen LogP contribution in [-0.4, -0.2) is 19.5 Å². The van der Waals surface area contributed by atoms with E-state index < -0.39 is 6.10 Å². The smallest absolute Gasteiger partial charge is 0.165 e. The fraction of sp³-hybridized carbons (Fsp3) is 0.462. The van der Waals surface area contributed by atoms with Crippen LogP contribution in [-0.2, 0) is 9.53 Å². The van der Waals surface area contributed by atoms with Crippen LogP contribution in [0, 0.1) is 0 Å². The Morgan fingerprint density at radius 2 is 2.12 bits per heavy atom. The van der Waals surface area contributed by atoms with Gasteiger partial charge in [-0.05, 0) is 24.6 Å². The lowest BCUT2D eigenvalue weighted by Gasteiger charge is -2.14. The SMILES string of the molecule is CCOc1cccc(C(OC)C(=O)CC)c1. The van der Waals surface area contributed by atoms with Crippen LogP contribution in [0.3, 0.4) is 0 Å². The van der Waals surface area contributed by atoms with Crippen molar-refractivity contribution in [3.8, 4) is 5.75 Å². The molecule has 88 valence electrons. The van der Waals surface area contributed by atoms with Gasteiger partial charge in [0.2, 0.25) is 0 Å². The fourth-order valence-corrected chi connectivity index (χ4v) is 1.57. The summed E-state index contributed by atoms with van der Waals surface area (Å²) in [7, 11) is 1.55. The van der Waals surface area contributed by atoms with Gasteiger partial charge in [-0.1, -0.05) is 19.1 Å². The lowest BCUT2D eigenvalue weighted by Crippen LogP contribution is -2.13. The summed E-state index contributed by atoms with van der Waals surface area (Å²) in [5, 5.41) is 0. The molecule has 0 amide bonds. The highest BCUT2D eigenvalue weighted by molar-refractivity contribution is 5.84. The normalized spacial score (nSPS) is 12.2. The van der Waals surface area contributed by atoms with Crippen LogP contribution in [0.4, 0.5) is 0 Å². The minimum absolute atomic E-state index is 0.0798. The van der Waals surface area contributed by atoms with Crippen LogP contribution >= 0.6 is 0 Å². The van der Waals surface area contributed by atoms with Crippen LogP contribution < -0.4 is 4.74 Å². The highest BCUT2D eigenvalue weighted by Crippen LogP contribution is 2.23. The fourth-order valence-electron chi connectivity index (χ4n) is 1.57. The van der Waals surface area contributed by atoms with Crippen molar-refractivity contribution in [3.05, 3.63) is 29.8 Å². The molecule has 0 radical (unpaired) electrons. The van der Waals surface area contributed by atoms with Crippen molar-refractivity contribution in [1.29, 1.82) is 0 Å². The van der Waals surface area contributed by atoms with Crippen molar-refractivity contribution >= 4 is 5.78 Å². The molecule has 0 spiro atoms. The van der Waals surface area contributed by atoms with Crippen molar-refractivity contribution in [2.75, 3.05) is 13.7 Å². The van der Waals surface area contributed by atoms with Gasteiger partial charge >= 0.3 is 0 Å². The molecule has 0 aliphatic rings. The Morgan fingerprint density at radius 1 is 1.38 bits per heavy atom. The molecule has 0 fully saturated rings. The maximum absolute atomic E-state index is 11.6. The average molecular weight is 222 g/mol. The number of hydrogen-bond donors (Lipinski definition) is 0. The van der Waals surface area contributed by atoms with E-state index in [1.165, 1.54) is 0 Å². The van der Waals surface area contributed by atoms with Crippen LogP contribution in [0.25, 0.3) is 0 Å². The largest absolute Gasteiger partial charge is 0.494 e. The number of rotatable bonds is 6. The number of ketones is 1. The summed E-state index contributed by atoms with van der Waals surface area (Å²) in [5.41, 5.74) is 0.848. The van der Waals surface area contributed by atoms with E-state index in [1.807, 2.05) is 38.1 Å². The van der Waals surface area contributed by atoms with E-state index in [2.05, 4.69) is 0 Å². The second kappa shape index (κ2) is 6.28. The zero-order valence-corrected chi connectivity index (χ0v) is 10.0. The van der Waals surface area contributed by atoms with Crippen molar-refractivity contribution in [3.63, 3.8) is 0 Å². The lowest BCUT2D eigenvalue weighted by molar-refractivity contribution is -0.128. The Labute approximate surface area is 96.4 Å². The minimum atomic E-state index is -0.481. The first kappa shape index (κ1) is 12.7. The summed E-state index contributed by atoms with van der Waals surface area (Å²) in [4.78, 5) is 11.6. The lowest BCUT2D eigenvalue weighted by atomic mass is 10.0. The number of Topliss-reactive ketones (excluding diaryl/α,β-unsaturated/α-hetero) is 1. The second-order valence-electron chi connectivity index (χ2n) is 3.44. The summed E-state index contributed by atoms with van der Waals surface area (Å²) in [5.74, 6) is 0.849. The molecule has 0 aliphatic heterocycles. The summed E-state index contributed by atoms with van der Waals surface area (Å²) >= 11 is 0. The molecule has 0 bridgehead atoms. The van der Waals surface area contributed by atoms with Gasteiger partial charge in [0.25, 0.3) is 0 Å². The number of carbonyl (C=O) groups excluding carboxylic acids is 1. The number of carbonyl (C=O) groups is 1. The standard InChI is InChI=1S/C13H18O3/c1-4-12(14)13(15-3)10-7-6-8-11(9-10)16-5-2/h6-9,13H,4-5H2,1-3H3. The van der Waals surface area contributed by atoms with Gasteiger partial charge in [0.15, 0.2) is 5.78 Å². The topological polar surface area (TPSA) is 35.5 Å². The Morgan fingerprint density at radius 3 is 2.69 bits per heavy atom. The number of ether oxygens (including phenoxy) is 2. The van der Waals surface area contributed by atoms with Gasteiger partial charge in [0.1, 0.15) is 11.9 Å². The van der Waals surface area contributed by atoms with Gasteiger partial charge in [-0.2, -0.15) is 0 Å². The molecule has 0 saturated heterocycles. The molecule has 0 heterocycles. The molecule has 1 aromatic carbocycles. The maximum Gasteiger partial charge on any atom is 0.165 e. The van der Waals surface area contributed by atoms with Gasteiger partial charge in [0.05, 0.1) is 6.61 Å². The molecular weight excluding hydrogens is 204 g/mol. The summed E-state index contributed by atoms with van der Waals surface area (Å²) in [6.45, 7) is 4.38. The highest BCUT2D eigenvalue weighted by Gasteiger charge is 2.18. The number of benzene rings is 1. The monoisotopic (exact) mass is 222 g/mol. The van der Waals surface area contributed by atoms with Crippen LogP contribution in [0.5, 0.6) is 5.75 Å². The van der Waals surface area contributed by atoms with Gasteiger partial charge in [-0.25, -0.2) is 0 Å². The Hall–Kier alpha value is -1.35. The average Bonchev–Trinajstić information content (AvgIpc) is 2.31. The van der Waals surface area contributed by atoms with E-state index in [1.54, 1.807) is 7.11 Å². The van der Waals surface area contributed by atoms with E-state index >= 15 is 0 Å². The van der Waals surface area contributed by atoms with Crippen molar-refractivity contribution in [2.24, 2.45) is 0 Å². The molecule has 0 aromatic heterocycles. The molecule has 1 unspecified atom stereocenters. The molecule has 3 nitrogen and oxygen atoms in total. The highest BCUT2D eigenvalue weighted by atomic mass is 16.5. The molecule has 16 heavy (non-hydrogen) atoms. The third-order valence-corrected chi connectivity index (χ3v) is 2.35. The third-order valence-electron chi connectivity index (χ3n) is 2.35. The summed E-state index contributed by atoms with van der Waals surface area (Å²) < 4.78 is 10.6. The number of methoxy groups -OCH3 is 1. The molecule has 3 heteroatoms. The molecular formula is C13H18O3. The molecule has 0 N–H and O–H groups in total. The predicted molar refractivity (Wildman–Crippen MR) is 62.7 cm³/mol. The zero-order valence-electron chi connectivity index (χ0n) is 10.0. The molecule has 0 aliphatic carbocycles. The van der Waals surface area contributed by atoms with Crippen molar-refractivity contribution < 1.29 is 14.3 Å².